The molecular formula is C24H24N6O2S. The van der Waals surface area contributed by atoms with Crippen LogP contribution in [0.3, 0.4) is 0 Å². The average molecular weight is 461 g/mol. The van der Waals surface area contributed by atoms with Gasteiger partial charge in [-0.2, -0.15) is 10.4 Å². The van der Waals surface area contributed by atoms with Crippen LogP contribution in [0.25, 0.3) is 5.65 Å². The van der Waals surface area contributed by atoms with Crippen molar-refractivity contribution >= 4 is 15.7 Å². The van der Waals surface area contributed by atoms with Crippen molar-refractivity contribution in [1.82, 2.24) is 23.9 Å². The Morgan fingerprint density at radius 2 is 1.91 bits per heavy atom. The number of benzene rings is 1. The van der Waals surface area contributed by atoms with Crippen LogP contribution in [0.2, 0.25) is 0 Å². The minimum absolute atomic E-state index is 0.103. The highest BCUT2D eigenvalue weighted by atomic mass is 32.2. The highest BCUT2D eigenvalue weighted by Gasteiger charge is 2.24. The van der Waals surface area contributed by atoms with Gasteiger partial charge in [-0.3, -0.25) is 4.68 Å². The molecule has 0 atom stereocenters. The number of fused-ring (bicyclic) bond motifs is 1. The number of pyridine rings is 1. The van der Waals surface area contributed by atoms with Crippen molar-refractivity contribution in [3.05, 3.63) is 82.6 Å². The fourth-order valence-corrected chi connectivity index (χ4v) is 5.07. The van der Waals surface area contributed by atoms with Crippen molar-refractivity contribution in [2.45, 2.75) is 50.6 Å². The number of nitrogens with one attached hydrogen (secondary N) is 1. The van der Waals surface area contributed by atoms with Crippen LogP contribution in [0.15, 0.2) is 53.9 Å². The summed E-state index contributed by atoms with van der Waals surface area (Å²) in [5, 5.41) is 13.3. The van der Waals surface area contributed by atoms with Crippen LogP contribution in [0, 0.1) is 25.2 Å². The molecule has 1 fully saturated rings. The number of aryl methyl sites for hydroxylation is 2. The normalized spacial score (nSPS) is 14.0. The molecule has 1 aromatic carbocycles. The van der Waals surface area contributed by atoms with Crippen molar-refractivity contribution in [2.75, 3.05) is 0 Å². The molecule has 0 amide bonds. The number of hydrogen-bond donors (Lipinski definition) is 1. The third-order valence-corrected chi connectivity index (χ3v) is 7.44. The van der Waals surface area contributed by atoms with E-state index in [0.29, 0.717) is 18.0 Å². The molecule has 0 saturated heterocycles. The van der Waals surface area contributed by atoms with Crippen molar-refractivity contribution in [1.29, 1.82) is 5.26 Å². The zero-order chi connectivity index (χ0) is 23.2. The van der Waals surface area contributed by atoms with Gasteiger partial charge in [0.1, 0.15) is 10.5 Å². The predicted molar refractivity (Wildman–Crippen MR) is 123 cm³/mol. The maximum absolute atomic E-state index is 12.8. The van der Waals surface area contributed by atoms with Gasteiger partial charge >= 0.3 is 0 Å². The first-order chi connectivity index (χ1) is 15.8. The van der Waals surface area contributed by atoms with Crippen LogP contribution in [0.4, 0.5) is 0 Å². The molecule has 168 valence electrons. The third kappa shape index (κ3) is 4.40. The van der Waals surface area contributed by atoms with Gasteiger partial charge in [0.2, 0.25) is 10.0 Å². The Bertz CT molecular complexity index is 1480. The van der Waals surface area contributed by atoms with Gasteiger partial charge in [-0.15, -0.1) is 0 Å². The smallest absolute Gasteiger partial charge is 0.243 e. The third-order valence-electron chi connectivity index (χ3n) is 6.08. The van der Waals surface area contributed by atoms with E-state index in [1.807, 2.05) is 30.5 Å². The highest BCUT2D eigenvalue weighted by molar-refractivity contribution is 7.89. The van der Waals surface area contributed by atoms with E-state index < -0.39 is 10.0 Å². The largest absolute Gasteiger partial charge is 0.306 e. The first-order valence-corrected chi connectivity index (χ1v) is 12.3. The van der Waals surface area contributed by atoms with Crippen LogP contribution in [0.5, 0.6) is 0 Å². The van der Waals surface area contributed by atoms with Crippen molar-refractivity contribution in [3.8, 4) is 6.07 Å². The molecule has 0 unspecified atom stereocenters. The van der Waals surface area contributed by atoms with Gasteiger partial charge in [0, 0.05) is 25.1 Å². The number of hydrogen-bond acceptors (Lipinski definition) is 5. The van der Waals surface area contributed by atoms with Gasteiger partial charge in [0.25, 0.3) is 0 Å². The van der Waals surface area contributed by atoms with Gasteiger partial charge in [0.05, 0.1) is 30.1 Å². The van der Waals surface area contributed by atoms with E-state index in [2.05, 4.69) is 33.1 Å². The Hall–Kier alpha value is -3.48. The predicted octanol–water partition coefficient (Wildman–Crippen LogP) is 3.42. The van der Waals surface area contributed by atoms with E-state index >= 15 is 0 Å². The van der Waals surface area contributed by atoms with Crippen LogP contribution in [0.1, 0.15) is 52.3 Å². The van der Waals surface area contributed by atoms with Gasteiger partial charge in [-0.25, -0.2) is 18.1 Å². The summed E-state index contributed by atoms with van der Waals surface area (Å²) in [6.07, 6.45) is 9.44. The average Bonchev–Trinajstić information content (AvgIpc) is 3.38. The standard InChI is InChI=1S/C24H24N6O2S/c1-16-7-18(9-25)8-17(2)23(16)11-27-33(31,32)22-10-26-30(15-22)14-21-13-29-12-20(19-3-4-19)5-6-24(29)28-21/h5-8,10,12-13,15,19,27H,3-4,11,14H2,1-2H3. The summed E-state index contributed by atoms with van der Waals surface area (Å²) in [7, 11) is -3.74. The molecule has 3 heterocycles. The number of imidazole rings is 1. The number of nitrogens with zero attached hydrogens (tertiary/aromatic N) is 5. The first kappa shape index (κ1) is 21.4. The monoisotopic (exact) mass is 460 g/mol. The number of aromatic nitrogens is 4. The van der Waals surface area contributed by atoms with Crippen LogP contribution < -0.4 is 4.72 Å². The van der Waals surface area contributed by atoms with Crippen LogP contribution in [-0.4, -0.2) is 27.6 Å². The summed E-state index contributed by atoms with van der Waals surface area (Å²) >= 11 is 0. The van der Waals surface area contributed by atoms with E-state index in [9.17, 15) is 8.42 Å². The fourth-order valence-electron chi connectivity index (χ4n) is 4.12. The molecule has 1 aliphatic rings. The van der Waals surface area contributed by atoms with Gasteiger partial charge < -0.3 is 4.40 Å². The van der Waals surface area contributed by atoms with Crippen LogP contribution in [-0.2, 0) is 23.1 Å². The zero-order valence-corrected chi connectivity index (χ0v) is 19.3. The van der Waals surface area contributed by atoms with E-state index in [1.165, 1.54) is 30.8 Å². The molecule has 33 heavy (non-hydrogen) atoms. The van der Waals surface area contributed by atoms with Crippen LogP contribution >= 0.6 is 0 Å². The number of nitriles is 1. The van der Waals surface area contributed by atoms with E-state index in [4.69, 9.17) is 5.26 Å². The Morgan fingerprint density at radius 1 is 1.15 bits per heavy atom. The molecule has 3 aromatic heterocycles. The lowest BCUT2D eigenvalue weighted by atomic mass is 10.00. The lowest BCUT2D eigenvalue weighted by molar-refractivity contribution is 0.580. The summed E-state index contributed by atoms with van der Waals surface area (Å²) < 4.78 is 31.9. The molecule has 4 aromatic rings. The molecule has 0 radical (unpaired) electrons. The van der Waals surface area contributed by atoms with Gasteiger partial charge in [0.15, 0.2) is 0 Å². The molecule has 9 heteroatoms. The van der Waals surface area contributed by atoms with Crippen molar-refractivity contribution in [2.24, 2.45) is 0 Å². The Balaban J connectivity index is 1.30. The molecule has 0 bridgehead atoms. The summed E-state index contributed by atoms with van der Waals surface area (Å²) in [6.45, 7) is 4.27. The van der Waals surface area contributed by atoms with Crippen molar-refractivity contribution < 1.29 is 8.42 Å². The minimum Gasteiger partial charge on any atom is -0.306 e. The number of sulfonamides is 1. The molecule has 1 saturated carbocycles. The first-order valence-electron chi connectivity index (χ1n) is 10.8. The molecular weight excluding hydrogens is 436 g/mol. The van der Waals surface area contributed by atoms with E-state index in [1.54, 1.807) is 16.8 Å². The highest BCUT2D eigenvalue weighted by Crippen LogP contribution is 2.39. The lowest BCUT2D eigenvalue weighted by Gasteiger charge is -2.11. The van der Waals surface area contributed by atoms with Crippen molar-refractivity contribution in [3.63, 3.8) is 0 Å². The molecule has 0 spiro atoms. The molecule has 0 aliphatic heterocycles. The molecule has 5 rings (SSSR count). The number of rotatable bonds is 7. The maximum Gasteiger partial charge on any atom is 0.243 e. The molecule has 1 N–H and O–H groups in total. The topological polar surface area (TPSA) is 105 Å². The Morgan fingerprint density at radius 3 is 2.61 bits per heavy atom. The maximum atomic E-state index is 12.8. The zero-order valence-electron chi connectivity index (χ0n) is 18.5. The molecule has 1 aliphatic carbocycles. The van der Waals surface area contributed by atoms with Gasteiger partial charge in [-0.05, 0) is 73.1 Å². The minimum atomic E-state index is -3.74. The summed E-state index contributed by atoms with van der Waals surface area (Å²) in [5.41, 5.74) is 6.19. The second-order valence-electron chi connectivity index (χ2n) is 8.63. The Kier molecular flexibility index (Phi) is 5.27. The SMILES string of the molecule is Cc1cc(C#N)cc(C)c1CNS(=O)(=O)c1cnn(Cc2cn3cc(C4CC4)ccc3n2)c1. The van der Waals surface area contributed by atoms with Gasteiger partial charge in [-0.1, -0.05) is 6.07 Å². The summed E-state index contributed by atoms with van der Waals surface area (Å²) in [6, 6.07) is 9.79. The fraction of sp³-hybridized carbons (Fsp3) is 0.292. The second kappa shape index (κ2) is 8.14. The lowest BCUT2D eigenvalue weighted by Crippen LogP contribution is -2.24. The Labute approximate surface area is 192 Å². The second-order valence-corrected chi connectivity index (χ2v) is 10.4. The van der Waals surface area contributed by atoms with E-state index in [-0.39, 0.29) is 11.4 Å². The summed E-state index contributed by atoms with van der Waals surface area (Å²) in [4.78, 5) is 4.73. The quantitative estimate of drug-likeness (QED) is 0.455. The molecule has 8 nitrogen and oxygen atoms in total. The summed E-state index contributed by atoms with van der Waals surface area (Å²) in [5.74, 6) is 0.670. The van der Waals surface area contributed by atoms with E-state index in [0.717, 1.165) is 28.0 Å².